The van der Waals surface area contributed by atoms with E-state index < -0.39 is 0 Å². The molecule has 84 valence electrons. The smallest absolute Gasteiger partial charge is 0.233 e. The molecule has 0 spiro atoms. The number of imide groups is 1. The van der Waals surface area contributed by atoms with Crippen molar-refractivity contribution in [2.24, 2.45) is 17.8 Å². The first kappa shape index (κ1) is 10.7. The fourth-order valence-electron chi connectivity index (χ4n) is 2.92. The number of likely N-dealkylation sites (tertiary alicyclic amines) is 1. The zero-order valence-corrected chi connectivity index (χ0v) is 9.69. The number of rotatable bonds is 1. The molecule has 1 aliphatic heterocycles. The Morgan fingerprint density at radius 3 is 2.33 bits per heavy atom. The van der Waals surface area contributed by atoms with E-state index in [-0.39, 0.29) is 29.7 Å². The maximum atomic E-state index is 12.0. The first-order chi connectivity index (χ1) is 7.02. The van der Waals surface area contributed by atoms with Crippen LogP contribution in [0.5, 0.6) is 0 Å². The Kier molecular flexibility index (Phi) is 2.57. The van der Waals surface area contributed by atoms with Crippen LogP contribution in [0.4, 0.5) is 0 Å². The third kappa shape index (κ3) is 1.58. The van der Waals surface area contributed by atoms with Gasteiger partial charge in [-0.3, -0.25) is 14.5 Å². The number of carbonyl (C=O) groups excluding carboxylic acids is 2. The molecule has 0 unspecified atom stereocenters. The van der Waals surface area contributed by atoms with E-state index in [1.54, 1.807) is 0 Å². The first-order valence-corrected chi connectivity index (χ1v) is 5.89. The fraction of sp³-hybridized carbons (Fsp3) is 0.833. The average Bonchev–Trinajstić information content (AvgIpc) is 2.39. The summed E-state index contributed by atoms with van der Waals surface area (Å²) in [4.78, 5) is 25.5. The van der Waals surface area contributed by atoms with Gasteiger partial charge in [0.25, 0.3) is 0 Å². The lowest BCUT2D eigenvalue weighted by Gasteiger charge is -2.25. The van der Waals surface area contributed by atoms with Crippen LogP contribution < -0.4 is 0 Å². The highest BCUT2D eigenvalue weighted by Crippen LogP contribution is 2.40. The van der Waals surface area contributed by atoms with E-state index in [9.17, 15) is 9.59 Å². The predicted molar refractivity (Wildman–Crippen MR) is 57.0 cm³/mol. The van der Waals surface area contributed by atoms with Gasteiger partial charge in [-0.1, -0.05) is 6.92 Å². The molecule has 3 nitrogen and oxygen atoms in total. The molecule has 0 aromatic heterocycles. The molecule has 2 aliphatic rings. The highest BCUT2D eigenvalue weighted by molar-refractivity contribution is 6.05. The molecule has 0 bridgehead atoms. The lowest BCUT2D eigenvalue weighted by atomic mass is 9.76. The fourth-order valence-corrected chi connectivity index (χ4v) is 2.92. The van der Waals surface area contributed by atoms with Crippen LogP contribution in [0.3, 0.4) is 0 Å². The van der Waals surface area contributed by atoms with Crippen LogP contribution in [0.1, 0.15) is 40.0 Å². The van der Waals surface area contributed by atoms with Crippen LogP contribution >= 0.6 is 0 Å². The minimum absolute atomic E-state index is 0.00361. The quantitative estimate of drug-likeness (QED) is 0.618. The summed E-state index contributed by atoms with van der Waals surface area (Å²) >= 11 is 0. The van der Waals surface area contributed by atoms with Gasteiger partial charge in [-0.05, 0) is 39.0 Å². The monoisotopic (exact) mass is 209 g/mol. The zero-order valence-electron chi connectivity index (χ0n) is 9.69. The van der Waals surface area contributed by atoms with E-state index in [0.717, 1.165) is 19.3 Å². The summed E-state index contributed by atoms with van der Waals surface area (Å²) in [6.07, 6.45) is 2.89. The topological polar surface area (TPSA) is 37.4 Å². The summed E-state index contributed by atoms with van der Waals surface area (Å²) in [7, 11) is 0. The van der Waals surface area contributed by atoms with Crippen LogP contribution in [0.15, 0.2) is 0 Å². The van der Waals surface area contributed by atoms with Crippen molar-refractivity contribution in [2.75, 3.05) is 0 Å². The Hall–Kier alpha value is -0.860. The predicted octanol–water partition coefficient (Wildman–Crippen LogP) is 1.82. The summed E-state index contributed by atoms with van der Waals surface area (Å²) in [5, 5.41) is 0. The molecular formula is C12H19NO2. The van der Waals surface area contributed by atoms with E-state index >= 15 is 0 Å². The van der Waals surface area contributed by atoms with Gasteiger partial charge in [0.15, 0.2) is 0 Å². The largest absolute Gasteiger partial charge is 0.280 e. The molecule has 2 rings (SSSR count). The first-order valence-electron chi connectivity index (χ1n) is 5.89. The number of hydrogen-bond donors (Lipinski definition) is 0. The maximum Gasteiger partial charge on any atom is 0.233 e. The minimum atomic E-state index is -0.0105. The van der Waals surface area contributed by atoms with Gasteiger partial charge in [0.1, 0.15) is 0 Å². The van der Waals surface area contributed by atoms with Crippen LogP contribution in [-0.2, 0) is 9.59 Å². The Morgan fingerprint density at radius 1 is 1.13 bits per heavy atom. The lowest BCUT2D eigenvalue weighted by molar-refractivity contribution is -0.141. The third-order valence-electron chi connectivity index (χ3n) is 3.74. The second-order valence-corrected chi connectivity index (χ2v) is 5.27. The summed E-state index contributed by atoms with van der Waals surface area (Å²) in [6, 6.07) is 0.0194. The number of fused-ring (bicyclic) bond motifs is 1. The standard InChI is InChI=1S/C12H19NO2/c1-7(2)13-11(14)9-5-4-8(3)6-10(9)12(13)15/h7-10H,4-6H2,1-3H3/t8-,9+,10-/m0/s1. The van der Waals surface area contributed by atoms with Gasteiger partial charge in [-0.2, -0.15) is 0 Å². The molecule has 3 heteroatoms. The van der Waals surface area contributed by atoms with Crippen molar-refractivity contribution in [3.05, 3.63) is 0 Å². The average molecular weight is 209 g/mol. The molecule has 1 heterocycles. The van der Waals surface area contributed by atoms with Crippen molar-refractivity contribution in [3.8, 4) is 0 Å². The van der Waals surface area contributed by atoms with Gasteiger partial charge in [0, 0.05) is 6.04 Å². The van der Waals surface area contributed by atoms with Crippen LogP contribution in [0.2, 0.25) is 0 Å². The SMILES string of the molecule is CC(C)N1C(=O)[C@H]2C[C@@H](C)CC[C@H]2C1=O. The maximum absolute atomic E-state index is 12.0. The summed E-state index contributed by atoms with van der Waals surface area (Å²) in [5.41, 5.74) is 0. The molecule has 0 radical (unpaired) electrons. The van der Waals surface area contributed by atoms with Gasteiger partial charge in [0.05, 0.1) is 11.8 Å². The van der Waals surface area contributed by atoms with Crippen molar-refractivity contribution < 1.29 is 9.59 Å². The molecule has 2 amide bonds. The van der Waals surface area contributed by atoms with E-state index in [4.69, 9.17) is 0 Å². The van der Waals surface area contributed by atoms with Crippen molar-refractivity contribution >= 4 is 11.8 Å². The van der Waals surface area contributed by atoms with E-state index in [0.29, 0.717) is 5.92 Å². The molecule has 3 atom stereocenters. The van der Waals surface area contributed by atoms with Crippen molar-refractivity contribution in [1.82, 2.24) is 4.90 Å². The zero-order chi connectivity index (χ0) is 11.2. The Morgan fingerprint density at radius 2 is 1.73 bits per heavy atom. The van der Waals surface area contributed by atoms with Gasteiger partial charge in [-0.15, -0.1) is 0 Å². The van der Waals surface area contributed by atoms with Gasteiger partial charge in [0.2, 0.25) is 11.8 Å². The van der Waals surface area contributed by atoms with Crippen LogP contribution in [0.25, 0.3) is 0 Å². The van der Waals surface area contributed by atoms with Crippen molar-refractivity contribution in [2.45, 2.75) is 46.1 Å². The minimum Gasteiger partial charge on any atom is -0.280 e. The molecule has 0 aromatic rings. The third-order valence-corrected chi connectivity index (χ3v) is 3.74. The second kappa shape index (κ2) is 3.62. The Labute approximate surface area is 90.8 Å². The normalized spacial score (nSPS) is 36.3. The van der Waals surface area contributed by atoms with Gasteiger partial charge in [-0.25, -0.2) is 0 Å². The number of nitrogens with zero attached hydrogens (tertiary/aromatic N) is 1. The second-order valence-electron chi connectivity index (χ2n) is 5.27. The molecule has 15 heavy (non-hydrogen) atoms. The van der Waals surface area contributed by atoms with Crippen LogP contribution in [-0.4, -0.2) is 22.8 Å². The number of hydrogen-bond acceptors (Lipinski definition) is 2. The number of amides is 2. The summed E-state index contributed by atoms with van der Waals surface area (Å²) < 4.78 is 0. The highest BCUT2D eigenvalue weighted by atomic mass is 16.2. The molecular weight excluding hydrogens is 190 g/mol. The molecule has 1 saturated carbocycles. The molecule has 2 fully saturated rings. The van der Waals surface area contributed by atoms with Crippen LogP contribution in [0, 0.1) is 17.8 Å². The van der Waals surface area contributed by atoms with E-state index in [1.165, 1.54) is 4.90 Å². The van der Waals surface area contributed by atoms with Gasteiger partial charge < -0.3 is 0 Å². The van der Waals surface area contributed by atoms with E-state index in [2.05, 4.69) is 6.92 Å². The highest BCUT2D eigenvalue weighted by Gasteiger charge is 2.49. The van der Waals surface area contributed by atoms with Crippen molar-refractivity contribution in [1.29, 1.82) is 0 Å². The van der Waals surface area contributed by atoms with Gasteiger partial charge >= 0.3 is 0 Å². The number of carbonyl (C=O) groups is 2. The molecule has 1 saturated heterocycles. The lowest BCUT2D eigenvalue weighted by Crippen LogP contribution is -2.37. The Bertz CT molecular complexity index is 298. The summed E-state index contributed by atoms with van der Waals surface area (Å²) in [5.74, 6) is 0.730. The van der Waals surface area contributed by atoms with E-state index in [1.807, 2.05) is 13.8 Å². The van der Waals surface area contributed by atoms with Crippen molar-refractivity contribution in [3.63, 3.8) is 0 Å². The molecule has 0 aromatic carbocycles. The summed E-state index contributed by atoms with van der Waals surface area (Å²) in [6.45, 7) is 6.00. The Balaban J connectivity index is 2.23. The molecule has 1 aliphatic carbocycles. The molecule has 0 N–H and O–H groups in total.